The van der Waals surface area contributed by atoms with Crippen molar-refractivity contribution in [3.63, 3.8) is 0 Å². The highest BCUT2D eigenvalue weighted by Gasteiger charge is 2.67. The fourth-order valence-corrected chi connectivity index (χ4v) is 11.1. The molecule has 1 atom stereocenters. The Hall–Kier alpha value is -5.83. The Morgan fingerprint density at radius 1 is 0.918 bits per heavy atom. The van der Waals surface area contributed by atoms with Gasteiger partial charge in [-0.15, -0.1) is 0 Å². The molecule has 0 bridgehead atoms. The molecule has 61 heavy (non-hydrogen) atoms. The van der Waals surface area contributed by atoms with E-state index in [-0.39, 0.29) is 64.5 Å². The van der Waals surface area contributed by atoms with Crippen molar-refractivity contribution in [1.82, 2.24) is 25.0 Å². The van der Waals surface area contributed by atoms with E-state index in [1.54, 1.807) is 18.2 Å². The topological polar surface area (TPSA) is 156 Å². The van der Waals surface area contributed by atoms with Crippen LogP contribution in [0.1, 0.15) is 101 Å². The van der Waals surface area contributed by atoms with Crippen LogP contribution in [0.4, 0.5) is 10.1 Å². The van der Waals surface area contributed by atoms with Gasteiger partial charge in [0.05, 0.1) is 45.2 Å². The van der Waals surface area contributed by atoms with Crippen LogP contribution in [0.5, 0.6) is 5.75 Å². The molecule has 6 heterocycles. The van der Waals surface area contributed by atoms with Crippen molar-refractivity contribution in [2.75, 3.05) is 37.6 Å². The van der Waals surface area contributed by atoms with E-state index >= 15 is 4.39 Å². The van der Waals surface area contributed by atoms with E-state index in [2.05, 4.69) is 55.8 Å². The molecule has 0 radical (unpaired) electrons. The van der Waals surface area contributed by atoms with E-state index in [0.717, 1.165) is 49.1 Å². The molecule has 3 aromatic rings. The molecular formula is C46H45ClFN7O6. The summed E-state index contributed by atoms with van der Waals surface area (Å²) in [4.78, 5) is 76.0. The Bertz CT molecular complexity index is 2510. The normalized spacial score (nSPS) is 24.6. The van der Waals surface area contributed by atoms with Crippen molar-refractivity contribution in [3.8, 4) is 23.7 Å². The number of likely N-dealkylation sites (tertiary alicyclic amines) is 1. The fourth-order valence-electron chi connectivity index (χ4n) is 10.9. The summed E-state index contributed by atoms with van der Waals surface area (Å²) < 4.78 is 21.8. The van der Waals surface area contributed by atoms with Crippen molar-refractivity contribution < 1.29 is 33.1 Å². The molecule has 4 fully saturated rings. The second-order valence-electron chi connectivity index (χ2n) is 18.3. The summed E-state index contributed by atoms with van der Waals surface area (Å²) in [5.74, 6) is 4.64. The number of nitrogens with zero attached hydrogens (tertiary/aromatic N) is 6. The Morgan fingerprint density at radius 3 is 2.30 bits per heavy atom. The van der Waals surface area contributed by atoms with Crippen LogP contribution >= 0.6 is 11.6 Å². The van der Waals surface area contributed by atoms with Crippen molar-refractivity contribution in [2.45, 2.75) is 78.1 Å². The fraction of sp³-hybridized carbons (Fsp3) is 0.457. The number of halogens is 2. The average Bonchev–Trinajstić information content (AvgIpc) is 3.64. The summed E-state index contributed by atoms with van der Waals surface area (Å²) in [5.41, 5.74) is 1.85. The third kappa shape index (κ3) is 6.90. The maximum Gasteiger partial charge on any atom is 0.262 e. The van der Waals surface area contributed by atoms with Crippen LogP contribution in [0.2, 0.25) is 5.02 Å². The van der Waals surface area contributed by atoms with E-state index < -0.39 is 35.5 Å². The number of carbonyl (C=O) groups is 5. The summed E-state index contributed by atoms with van der Waals surface area (Å²) in [6, 6.07) is 12.1. The molecule has 5 amide bonds. The van der Waals surface area contributed by atoms with Crippen LogP contribution in [0.15, 0.2) is 42.5 Å². The molecule has 9 rings (SSSR count). The highest BCUT2D eigenvalue weighted by atomic mass is 35.5. The van der Waals surface area contributed by atoms with E-state index in [4.69, 9.17) is 21.3 Å². The largest absolute Gasteiger partial charge is 0.489 e. The second kappa shape index (κ2) is 15.0. The third-order valence-corrected chi connectivity index (χ3v) is 13.8. The Kier molecular flexibility index (Phi) is 9.95. The number of pyridine rings is 1. The summed E-state index contributed by atoms with van der Waals surface area (Å²) in [6.07, 6.45) is 1.65. The van der Waals surface area contributed by atoms with E-state index in [1.165, 1.54) is 6.07 Å². The lowest BCUT2D eigenvalue weighted by atomic mass is 9.49. The van der Waals surface area contributed by atoms with Crippen LogP contribution < -0.4 is 15.0 Å². The van der Waals surface area contributed by atoms with Gasteiger partial charge in [-0.25, -0.2) is 9.37 Å². The number of anilines is 1. The SMILES string of the molecule is CC1(C)C(Oc2ccc(C#N)c(Cl)c2)C(C)(C)C1N1Cc2nc(C#CC3CCN(CC4CN(c5cc6c(cc5F)C(=O)N(C5CCC(=O)NC5=O)C6=O)C4)CC3)ccc2C1=O. The van der Waals surface area contributed by atoms with Gasteiger partial charge in [0.2, 0.25) is 11.8 Å². The van der Waals surface area contributed by atoms with Gasteiger partial charge in [-0.3, -0.25) is 34.2 Å². The van der Waals surface area contributed by atoms with Crippen molar-refractivity contribution >= 4 is 46.8 Å². The average molecular weight is 846 g/mol. The standard InChI is InChI=1S/C46H45ClFN7O6/c1-45(2)43(46(3,4)44(45)61-29-9-6-27(20-49)33(47)17-29)54-24-35-30(40(54)58)10-8-28(50-35)7-5-25-13-15-52(16-14-25)21-26-22-53(23-26)37-19-32-31(18-34(37)48)41(59)55(42(32)60)36-11-12-38(56)51-39(36)57/h6,8-10,17-19,25-26,36,43-44H,11-16,21-24H2,1-4H3,(H,51,56,57). The predicted molar refractivity (Wildman–Crippen MR) is 221 cm³/mol. The summed E-state index contributed by atoms with van der Waals surface area (Å²) in [7, 11) is 0. The lowest BCUT2D eigenvalue weighted by Gasteiger charge is -2.65. The van der Waals surface area contributed by atoms with Gasteiger partial charge < -0.3 is 19.4 Å². The smallest absolute Gasteiger partial charge is 0.262 e. The highest BCUT2D eigenvalue weighted by Crippen LogP contribution is 2.59. The van der Waals surface area contributed by atoms with Gasteiger partial charge >= 0.3 is 0 Å². The molecule has 3 saturated heterocycles. The maximum atomic E-state index is 15.3. The maximum absolute atomic E-state index is 15.3. The van der Waals surface area contributed by atoms with Gasteiger partial charge in [0.15, 0.2) is 0 Å². The van der Waals surface area contributed by atoms with Gasteiger partial charge in [0.1, 0.15) is 35.5 Å². The summed E-state index contributed by atoms with van der Waals surface area (Å²) in [5, 5.41) is 11.8. The van der Waals surface area contributed by atoms with Gasteiger partial charge in [0, 0.05) is 60.8 Å². The predicted octanol–water partition coefficient (Wildman–Crippen LogP) is 5.18. The monoisotopic (exact) mass is 845 g/mol. The number of hydrogen-bond acceptors (Lipinski definition) is 10. The molecule has 1 aromatic heterocycles. The zero-order valence-electron chi connectivity index (χ0n) is 34.4. The molecule has 15 heteroatoms. The van der Waals surface area contributed by atoms with Crippen LogP contribution in [-0.4, -0.2) is 100 Å². The minimum Gasteiger partial charge on any atom is -0.489 e. The zero-order valence-corrected chi connectivity index (χ0v) is 35.1. The highest BCUT2D eigenvalue weighted by molar-refractivity contribution is 6.31. The van der Waals surface area contributed by atoms with Gasteiger partial charge in [0.25, 0.3) is 17.7 Å². The number of benzene rings is 2. The first-order valence-electron chi connectivity index (χ1n) is 20.8. The molecule has 1 saturated carbocycles. The van der Waals surface area contributed by atoms with Crippen molar-refractivity contribution in [2.24, 2.45) is 22.7 Å². The van der Waals surface area contributed by atoms with Gasteiger partial charge in [-0.2, -0.15) is 5.26 Å². The van der Waals surface area contributed by atoms with Crippen LogP contribution in [0.25, 0.3) is 0 Å². The molecule has 1 aliphatic carbocycles. The first-order valence-corrected chi connectivity index (χ1v) is 21.1. The second-order valence-corrected chi connectivity index (χ2v) is 18.7. The summed E-state index contributed by atoms with van der Waals surface area (Å²) >= 11 is 6.28. The quantitative estimate of drug-likeness (QED) is 0.248. The van der Waals surface area contributed by atoms with Crippen molar-refractivity contribution in [1.29, 1.82) is 5.26 Å². The van der Waals surface area contributed by atoms with E-state index in [1.807, 2.05) is 21.9 Å². The number of hydrogen-bond donors (Lipinski definition) is 1. The molecule has 1 unspecified atom stereocenters. The first-order chi connectivity index (χ1) is 29.0. The molecule has 0 spiro atoms. The summed E-state index contributed by atoms with van der Waals surface area (Å²) in [6.45, 7) is 12.7. The Balaban J connectivity index is 0.764. The number of amides is 5. The van der Waals surface area contributed by atoms with Gasteiger partial charge in [-0.1, -0.05) is 45.2 Å². The van der Waals surface area contributed by atoms with Gasteiger partial charge in [-0.05, 0) is 74.7 Å². The van der Waals surface area contributed by atoms with Crippen LogP contribution in [0.3, 0.4) is 0 Å². The minimum absolute atomic E-state index is 0.0127. The number of nitriles is 1. The van der Waals surface area contributed by atoms with Crippen LogP contribution in [-0.2, 0) is 16.1 Å². The Labute approximate surface area is 358 Å². The lowest BCUT2D eigenvalue weighted by Crippen LogP contribution is -2.74. The minimum atomic E-state index is -1.10. The van der Waals surface area contributed by atoms with E-state index in [9.17, 15) is 29.2 Å². The number of ether oxygens (including phenoxy) is 1. The molecule has 314 valence electrons. The molecule has 13 nitrogen and oxygen atoms in total. The number of aromatic nitrogens is 1. The lowest BCUT2D eigenvalue weighted by molar-refractivity contribution is -0.199. The number of carbonyl (C=O) groups excluding carboxylic acids is 5. The van der Waals surface area contributed by atoms with E-state index in [0.29, 0.717) is 53.1 Å². The van der Waals surface area contributed by atoms with Crippen LogP contribution in [0, 0.1) is 51.7 Å². The number of imide groups is 2. The molecule has 5 aliphatic heterocycles. The third-order valence-electron chi connectivity index (χ3n) is 13.5. The molecule has 2 aromatic carbocycles. The van der Waals surface area contributed by atoms with Crippen molar-refractivity contribution in [3.05, 3.63) is 86.9 Å². The molecule has 6 aliphatic rings. The number of piperidine rings is 2. The molecular weight excluding hydrogens is 801 g/mol. The zero-order chi connectivity index (χ0) is 43.1. The number of nitrogens with one attached hydrogen (secondary N) is 1. The first kappa shape index (κ1) is 40.6. The number of fused-ring (bicyclic) bond motifs is 2. The Morgan fingerprint density at radius 2 is 1.62 bits per heavy atom. The number of rotatable bonds is 7. The molecule has 1 N–H and O–H groups in total.